The van der Waals surface area contributed by atoms with Crippen LogP contribution in [0.25, 0.3) is 11.0 Å². The largest absolute Gasteiger partial charge is 0.472 e. The molecule has 92 valence electrons. The minimum atomic E-state index is 0.754. The van der Waals surface area contributed by atoms with Gasteiger partial charge in [0.2, 0.25) is 0 Å². The summed E-state index contributed by atoms with van der Waals surface area (Å²) < 4.78 is 5.09. The van der Waals surface area contributed by atoms with Crippen molar-refractivity contribution in [2.45, 2.75) is 13.5 Å². The lowest BCUT2D eigenvalue weighted by atomic mass is 10.3. The van der Waals surface area contributed by atoms with Crippen molar-refractivity contribution in [2.75, 3.05) is 11.4 Å². The van der Waals surface area contributed by atoms with Crippen LogP contribution in [0.2, 0.25) is 0 Å². The monoisotopic (exact) mass is 243 g/mol. The number of fused-ring (bicyclic) bond motifs is 1. The molecule has 0 saturated carbocycles. The number of anilines is 1. The topological polar surface area (TPSA) is 70.8 Å². The van der Waals surface area contributed by atoms with Crippen molar-refractivity contribution in [2.24, 2.45) is 0 Å². The quantitative estimate of drug-likeness (QED) is 0.758. The molecular formula is C12H13N5O. The maximum atomic E-state index is 5.09. The summed E-state index contributed by atoms with van der Waals surface area (Å²) in [7, 11) is 0. The second-order valence-electron chi connectivity index (χ2n) is 3.98. The van der Waals surface area contributed by atoms with Crippen LogP contribution in [0.4, 0.5) is 5.82 Å². The number of H-pyrrole nitrogens is 1. The maximum Gasteiger partial charge on any atom is 0.160 e. The molecule has 0 amide bonds. The van der Waals surface area contributed by atoms with Gasteiger partial charge in [-0.2, -0.15) is 5.10 Å². The van der Waals surface area contributed by atoms with Crippen LogP contribution >= 0.6 is 0 Å². The van der Waals surface area contributed by atoms with Crippen molar-refractivity contribution < 1.29 is 4.42 Å². The van der Waals surface area contributed by atoms with Crippen LogP contribution in [0.5, 0.6) is 0 Å². The Morgan fingerprint density at radius 1 is 1.39 bits per heavy atom. The highest BCUT2D eigenvalue weighted by atomic mass is 16.3. The minimum absolute atomic E-state index is 0.754. The molecule has 1 N–H and O–H groups in total. The van der Waals surface area contributed by atoms with E-state index in [4.69, 9.17) is 4.42 Å². The first kappa shape index (κ1) is 10.8. The van der Waals surface area contributed by atoms with Crippen molar-refractivity contribution in [3.63, 3.8) is 0 Å². The summed E-state index contributed by atoms with van der Waals surface area (Å²) in [4.78, 5) is 10.7. The van der Waals surface area contributed by atoms with Crippen LogP contribution in [0.3, 0.4) is 0 Å². The molecule has 0 aromatic carbocycles. The van der Waals surface area contributed by atoms with Crippen LogP contribution in [0, 0.1) is 0 Å². The Morgan fingerprint density at radius 2 is 2.33 bits per heavy atom. The fraction of sp³-hybridized carbons (Fsp3) is 0.250. The molecule has 0 radical (unpaired) electrons. The number of rotatable bonds is 4. The van der Waals surface area contributed by atoms with Crippen molar-refractivity contribution in [1.29, 1.82) is 0 Å². The van der Waals surface area contributed by atoms with E-state index in [1.807, 2.05) is 6.07 Å². The zero-order valence-corrected chi connectivity index (χ0v) is 10.00. The first-order valence-electron chi connectivity index (χ1n) is 5.78. The number of furan rings is 1. The summed E-state index contributed by atoms with van der Waals surface area (Å²) in [6, 6.07) is 1.95. The third kappa shape index (κ3) is 1.81. The smallest absolute Gasteiger partial charge is 0.160 e. The van der Waals surface area contributed by atoms with E-state index in [1.54, 1.807) is 25.1 Å². The summed E-state index contributed by atoms with van der Waals surface area (Å²) in [6.07, 6.45) is 6.73. The normalized spacial score (nSPS) is 10.9. The molecule has 3 aromatic rings. The molecule has 0 bridgehead atoms. The predicted octanol–water partition coefficient (Wildman–Crippen LogP) is 1.97. The lowest BCUT2D eigenvalue weighted by Crippen LogP contribution is -2.23. The molecule has 0 saturated heterocycles. The highest BCUT2D eigenvalue weighted by molar-refractivity contribution is 5.86. The number of aromatic nitrogens is 4. The van der Waals surface area contributed by atoms with Crippen molar-refractivity contribution in [1.82, 2.24) is 20.2 Å². The fourth-order valence-corrected chi connectivity index (χ4v) is 1.94. The Labute approximate surface area is 104 Å². The average Bonchev–Trinajstić information content (AvgIpc) is 3.06. The Bertz CT molecular complexity index is 631. The Balaban J connectivity index is 1.98. The number of hydrogen-bond donors (Lipinski definition) is 1. The summed E-state index contributed by atoms with van der Waals surface area (Å²) in [5.74, 6) is 0.887. The predicted molar refractivity (Wildman–Crippen MR) is 67.1 cm³/mol. The van der Waals surface area contributed by atoms with E-state index in [0.29, 0.717) is 0 Å². The Kier molecular flexibility index (Phi) is 2.68. The van der Waals surface area contributed by atoms with Gasteiger partial charge in [-0.3, -0.25) is 5.10 Å². The second-order valence-corrected chi connectivity index (χ2v) is 3.98. The second kappa shape index (κ2) is 4.48. The number of nitrogens with zero attached hydrogens (tertiary/aromatic N) is 4. The zero-order valence-electron chi connectivity index (χ0n) is 10.00. The van der Waals surface area contributed by atoms with Crippen LogP contribution in [0.1, 0.15) is 12.5 Å². The Hall–Kier alpha value is -2.37. The molecule has 3 heterocycles. The average molecular weight is 243 g/mol. The molecule has 0 unspecified atom stereocenters. The molecule has 0 aliphatic carbocycles. The first-order chi connectivity index (χ1) is 8.88. The standard InChI is InChI=1S/C12H13N5O/c1-2-17(6-9-3-4-18-7-9)12-10-5-15-16-11(10)13-8-14-12/h3-5,7-8H,2,6H2,1H3,(H,13,14,15,16). The molecule has 3 aromatic heterocycles. The van der Waals surface area contributed by atoms with Crippen molar-refractivity contribution >= 4 is 16.9 Å². The van der Waals surface area contributed by atoms with E-state index in [0.717, 1.165) is 35.5 Å². The summed E-state index contributed by atoms with van der Waals surface area (Å²) in [5.41, 5.74) is 1.87. The van der Waals surface area contributed by atoms with Crippen LogP contribution in [-0.4, -0.2) is 26.7 Å². The van der Waals surface area contributed by atoms with Gasteiger partial charge >= 0.3 is 0 Å². The van der Waals surface area contributed by atoms with E-state index >= 15 is 0 Å². The summed E-state index contributed by atoms with van der Waals surface area (Å²) in [6.45, 7) is 3.70. The Morgan fingerprint density at radius 3 is 3.11 bits per heavy atom. The summed E-state index contributed by atoms with van der Waals surface area (Å²) in [5, 5.41) is 7.79. The molecule has 3 rings (SSSR count). The zero-order chi connectivity index (χ0) is 12.4. The van der Waals surface area contributed by atoms with Crippen molar-refractivity contribution in [3.8, 4) is 0 Å². The molecule has 6 nitrogen and oxygen atoms in total. The molecule has 0 fully saturated rings. The van der Waals surface area contributed by atoms with Gasteiger partial charge in [-0.05, 0) is 13.0 Å². The van der Waals surface area contributed by atoms with Gasteiger partial charge in [-0.1, -0.05) is 0 Å². The van der Waals surface area contributed by atoms with Gasteiger partial charge in [-0.15, -0.1) is 0 Å². The van der Waals surface area contributed by atoms with Gasteiger partial charge in [0.05, 0.1) is 24.1 Å². The highest BCUT2D eigenvalue weighted by Crippen LogP contribution is 2.22. The van der Waals surface area contributed by atoms with E-state index in [-0.39, 0.29) is 0 Å². The lowest BCUT2D eigenvalue weighted by Gasteiger charge is -2.21. The van der Waals surface area contributed by atoms with Gasteiger partial charge < -0.3 is 9.32 Å². The molecule has 0 aliphatic heterocycles. The van der Waals surface area contributed by atoms with Crippen LogP contribution < -0.4 is 4.90 Å². The number of nitrogens with one attached hydrogen (secondary N) is 1. The third-order valence-corrected chi connectivity index (χ3v) is 2.86. The van der Waals surface area contributed by atoms with Crippen molar-refractivity contribution in [3.05, 3.63) is 36.7 Å². The molecular weight excluding hydrogens is 230 g/mol. The van der Waals surface area contributed by atoms with E-state index < -0.39 is 0 Å². The van der Waals surface area contributed by atoms with E-state index in [2.05, 4.69) is 32.0 Å². The van der Waals surface area contributed by atoms with Gasteiger partial charge in [0.1, 0.15) is 12.1 Å². The van der Waals surface area contributed by atoms with Gasteiger partial charge in [0, 0.05) is 18.7 Å². The minimum Gasteiger partial charge on any atom is -0.472 e. The van der Waals surface area contributed by atoms with Gasteiger partial charge in [-0.25, -0.2) is 9.97 Å². The molecule has 0 spiro atoms. The SMILES string of the molecule is CCN(Cc1ccoc1)c1ncnc2[nH]ncc12. The lowest BCUT2D eigenvalue weighted by molar-refractivity contribution is 0.563. The molecule has 18 heavy (non-hydrogen) atoms. The maximum absolute atomic E-state index is 5.09. The third-order valence-electron chi connectivity index (χ3n) is 2.86. The van der Waals surface area contributed by atoms with E-state index in [1.165, 1.54) is 0 Å². The number of aromatic amines is 1. The molecule has 6 heteroatoms. The highest BCUT2D eigenvalue weighted by Gasteiger charge is 2.12. The van der Waals surface area contributed by atoms with Gasteiger partial charge in [0.25, 0.3) is 0 Å². The van der Waals surface area contributed by atoms with Gasteiger partial charge in [0.15, 0.2) is 5.65 Å². The van der Waals surface area contributed by atoms with Crippen LogP contribution in [-0.2, 0) is 6.54 Å². The molecule has 0 aliphatic rings. The first-order valence-corrected chi connectivity index (χ1v) is 5.78. The van der Waals surface area contributed by atoms with Crippen LogP contribution in [0.15, 0.2) is 35.5 Å². The summed E-state index contributed by atoms with van der Waals surface area (Å²) >= 11 is 0. The molecule has 0 atom stereocenters. The number of hydrogen-bond acceptors (Lipinski definition) is 5. The van der Waals surface area contributed by atoms with E-state index in [9.17, 15) is 0 Å². The fourth-order valence-electron chi connectivity index (χ4n) is 1.94.